The van der Waals surface area contributed by atoms with Crippen LogP contribution in [-0.4, -0.2) is 20.9 Å². The van der Waals surface area contributed by atoms with Crippen molar-refractivity contribution < 1.29 is 9.90 Å². The lowest BCUT2D eigenvalue weighted by molar-refractivity contribution is -0.136. The van der Waals surface area contributed by atoms with E-state index in [-0.39, 0.29) is 6.42 Å². The van der Waals surface area contributed by atoms with Gasteiger partial charge in [-0.25, -0.2) is 0 Å². The molecule has 0 atom stereocenters. The summed E-state index contributed by atoms with van der Waals surface area (Å²) in [6.45, 7) is 0. The Bertz CT molecular complexity index is 422. The molecular weight excluding hydrogens is 284 g/mol. The number of hydrogen-bond acceptors (Lipinski definition) is 2. The number of carboxylic acids is 1. The van der Waals surface area contributed by atoms with Gasteiger partial charge in [0, 0.05) is 19.4 Å². The lowest BCUT2D eigenvalue weighted by atomic mass is 10.0. The van der Waals surface area contributed by atoms with Crippen molar-refractivity contribution >= 4 is 21.9 Å². The zero-order chi connectivity index (χ0) is 12.4. The summed E-state index contributed by atoms with van der Waals surface area (Å²) in [6, 6.07) is 0. The Balaban J connectivity index is 2.18. The summed E-state index contributed by atoms with van der Waals surface area (Å²) in [4.78, 5) is 10.6. The van der Waals surface area contributed by atoms with Crippen LogP contribution in [0.3, 0.4) is 0 Å². The van der Waals surface area contributed by atoms with Gasteiger partial charge in [-0.2, -0.15) is 5.10 Å². The van der Waals surface area contributed by atoms with Crippen molar-refractivity contribution in [3.63, 3.8) is 0 Å². The van der Waals surface area contributed by atoms with Crippen molar-refractivity contribution in [2.75, 3.05) is 0 Å². The third-order valence-corrected chi connectivity index (χ3v) is 4.31. The summed E-state index contributed by atoms with van der Waals surface area (Å²) in [5, 5.41) is 13.3. The lowest BCUT2D eigenvalue weighted by Gasteiger charge is -2.05. The van der Waals surface area contributed by atoms with Gasteiger partial charge in [-0.15, -0.1) is 0 Å². The van der Waals surface area contributed by atoms with Crippen LogP contribution >= 0.6 is 15.9 Å². The van der Waals surface area contributed by atoms with E-state index in [1.807, 2.05) is 11.7 Å². The first-order chi connectivity index (χ1) is 8.09. The highest BCUT2D eigenvalue weighted by atomic mass is 79.9. The molecule has 1 aromatic heterocycles. The highest BCUT2D eigenvalue weighted by molar-refractivity contribution is 9.10. The predicted octanol–water partition coefficient (Wildman–Crippen LogP) is 2.86. The molecule has 1 heterocycles. The molecule has 4 nitrogen and oxygen atoms in total. The minimum Gasteiger partial charge on any atom is -0.481 e. The van der Waals surface area contributed by atoms with E-state index >= 15 is 0 Å². The number of aliphatic carboxylic acids is 1. The van der Waals surface area contributed by atoms with Crippen LogP contribution in [0.5, 0.6) is 0 Å². The molecule has 5 heteroatoms. The second kappa shape index (κ2) is 5.21. The number of halogens is 1. The van der Waals surface area contributed by atoms with Crippen LogP contribution in [0.1, 0.15) is 49.4 Å². The summed E-state index contributed by atoms with van der Waals surface area (Å²) in [7, 11) is 1.89. The molecule has 1 fully saturated rings. The number of aryl methyl sites for hydroxylation is 1. The molecule has 0 aliphatic heterocycles. The van der Waals surface area contributed by atoms with Crippen LogP contribution in [0.15, 0.2) is 4.47 Å². The molecule has 0 aromatic carbocycles. The van der Waals surface area contributed by atoms with E-state index in [1.165, 1.54) is 25.7 Å². The number of hydrogen-bond donors (Lipinski definition) is 1. The summed E-state index contributed by atoms with van der Waals surface area (Å²) < 4.78 is 2.84. The van der Waals surface area contributed by atoms with Crippen molar-refractivity contribution in [1.82, 2.24) is 9.78 Å². The van der Waals surface area contributed by atoms with Gasteiger partial charge in [0.25, 0.3) is 0 Å². The smallest absolute Gasteiger partial charge is 0.303 e. The van der Waals surface area contributed by atoms with Gasteiger partial charge in [0.1, 0.15) is 0 Å². The Kier molecular flexibility index (Phi) is 3.86. The monoisotopic (exact) mass is 300 g/mol. The van der Waals surface area contributed by atoms with Crippen LogP contribution in [-0.2, 0) is 18.3 Å². The van der Waals surface area contributed by atoms with Crippen molar-refractivity contribution in [3.05, 3.63) is 15.9 Å². The zero-order valence-corrected chi connectivity index (χ0v) is 11.5. The van der Waals surface area contributed by atoms with Gasteiger partial charge in [-0.1, -0.05) is 12.8 Å². The molecule has 0 unspecified atom stereocenters. The molecule has 0 amide bonds. The van der Waals surface area contributed by atoms with E-state index in [9.17, 15) is 4.79 Å². The molecule has 0 radical (unpaired) electrons. The highest BCUT2D eigenvalue weighted by Gasteiger charge is 2.24. The predicted molar refractivity (Wildman–Crippen MR) is 68.1 cm³/mol. The van der Waals surface area contributed by atoms with E-state index in [1.54, 1.807) is 0 Å². The normalized spacial score (nSPS) is 16.6. The van der Waals surface area contributed by atoms with Gasteiger partial charge in [0.05, 0.1) is 22.3 Å². The first kappa shape index (κ1) is 12.6. The highest BCUT2D eigenvalue weighted by Crippen LogP contribution is 2.38. The maximum atomic E-state index is 10.6. The number of rotatable bonds is 4. The second-order valence-electron chi connectivity index (χ2n) is 4.64. The molecule has 1 aliphatic carbocycles. The Morgan fingerprint density at radius 1 is 1.53 bits per heavy atom. The Labute approximate surface area is 109 Å². The summed E-state index contributed by atoms with van der Waals surface area (Å²) >= 11 is 3.59. The number of carboxylic acid groups (broad SMARTS) is 1. The molecule has 1 saturated carbocycles. The van der Waals surface area contributed by atoms with Gasteiger partial charge in [0.2, 0.25) is 0 Å². The molecule has 0 spiro atoms. The van der Waals surface area contributed by atoms with Crippen LogP contribution in [0.4, 0.5) is 0 Å². The first-order valence-electron chi connectivity index (χ1n) is 6.02. The lowest BCUT2D eigenvalue weighted by Crippen LogP contribution is -2.03. The maximum Gasteiger partial charge on any atom is 0.303 e. The van der Waals surface area contributed by atoms with Crippen molar-refractivity contribution in [2.45, 2.75) is 44.4 Å². The second-order valence-corrected chi connectivity index (χ2v) is 5.44. The Morgan fingerprint density at radius 3 is 2.76 bits per heavy atom. The van der Waals surface area contributed by atoms with Crippen molar-refractivity contribution in [2.24, 2.45) is 7.05 Å². The first-order valence-corrected chi connectivity index (χ1v) is 6.82. The fourth-order valence-electron chi connectivity index (χ4n) is 2.51. The fraction of sp³-hybridized carbons (Fsp3) is 0.667. The summed E-state index contributed by atoms with van der Waals surface area (Å²) in [5.74, 6) is -0.213. The average Bonchev–Trinajstić information content (AvgIpc) is 2.85. The van der Waals surface area contributed by atoms with Gasteiger partial charge < -0.3 is 5.11 Å². The van der Waals surface area contributed by atoms with Gasteiger partial charge in [0.15, 0.2) is 0 Å². The van der Waals surface area contributed by atoms with Crippen molar-refractivity contribution in [3.8, 4) is 0 Å². The van der Waals surface area contributed by atoms with E-state index in [4.69, 9.17) is 5.11 Å². The SMILES string of the molecule is Cn1nc(C2CCCC2)c(Br)c1CCC(=O)O. The third kappa shape index (κ3) is 2.70. The topological polar surface area (TPSA) is 55.1 Å². The van der Waals surface area contributed by atoms with E-state index < -0.39 is 5.97 Å². The molecule has 1 aliphatic rings. The van der Waals surface area contributed by atoms with Gasteiger partial charge in [-0.05, 0) is 28.8 Å². The number of nitrogens with zero attached hydrogens (tertiary/aromatic N) is 2. The van der Waals surface area contributed by atoms with Crippen LogP contribution in [0.25, 0.3) is 0 Å². The van der Waals surface area contributed by atoms with Gasteiger partial charge >= 0.3 is 5.97 Å². The van der Waals surface area contributed by atoms with Crippen LogP contribution < -0.4 is 0 Å². The molecule has 1 aromatic rings. The van der Waals surface area contributed by atoms with E-state index in [0.29, 0.717) is 12.3 Å². The minimum atomic E-state index is -0.763. The third-order valence-electron chi connectivity index (χ3n) is 3.44. The molecule has 0 saturated heterocycles. The van der Waals surface area contributed by atoms with Crippen molar-refractivity contribution in [1.29, 1.82) is 0 Å². The zero-order valence-electron chi connectivity index (χ0n) is 9.95. The summed E-state index contributed by atoms with van der Waals surface area (Å²) in [5.41, 5.74) is 2.11. The van der Waals surface area contributed by atoms with Gasteiger partial charge in [-0.3, -0.25) is 9.48 Å². The molecule has 1 N–H and O–H groups in total. The molecule has 17 heavy (non-hydrogen) atoms. The minimum absolute atomic E-state index is 0.155. The van der Waals surface area contributed by atoms with Crippen LogP contribution in [0, 0.1) is 0 Å². The Morgan fingerprint density at radius 2 is 2.18 bits per heavy atom. The molecule has 0 bridgehead atoms. The van der Waals surface area contributed by atoms with Crippen LogP contribution in [0.2, 0.25) is 0 Å². The van der Waals surface area contributed by atoms with E-state index in [0.717, 1.165) is 15.9 Å². The molecule has 94 valence electrons. The number of aromatic nitrogens is 2. The number of carbonyl (C=O) groups is 1. The average molecular weight is 301 g/mol. The standard InChI is InChI=1S/C12H17BrN2O2/c1-15-9(6-7-10(16)17)11(13)12(14-15)8-4-2-3-5-8/h8H,2-7H2,1H3,(H,16,17). The fourth-order valence-corrected chi connectivity index (χ4v) is 3.37. The molecule has 2 rings (SSSR count). The summed E-state index contributed by atoms with van der Waals surface area (Å²) in [6.07, 6.45) is 5.65. The molecular formula is C12H17BrN2O2. The van der Waals surface area contributed by atoms with E-state index in [2.05, 4.69) is 21.0 Å². The Hall–Kier alpha value is -0.840. The maximum absolute atomic E-state index is 10.6. The largest absolute Gasteiger partial charge is 0.481 e. The quantitative estimate of drug-likeness (QED) is 0.930.